The van der Waals surface area contributed by atoms with E-state index in [1.165, 1.54) is 12.0 Å². The van der Waals surface area contributed by atoms with Gasteiger partial charge in [0.05, 0.1) is 31.9 Å². The number of amides is 3. The zero-order valence-corrected chi connectivity index (χ0v) is 16.7. The van der Waals surface area contributed by atoms with Gasteiger partial charge in [-0.2, -0.15) is 0 Å². The number of carbonyl (C=O) groups is 3. The maximum absolute atomic E-state index is 12.4. The third-order valence-corrected chi connectivity index (χ3v) is 5.73. The highest BCUT2D eigenvalue weighted by Crippen LogP contribution is 2.40. The molecule has 5 rings (SSSR count). The van der Waals surface area contributed by atoms with Crippen LogP contribution in [0.2, 0.25) is 0 Å². The molecule has 0 radical (unpaired) electrons. The molecule has 4 heterocycles. The monoisotopic (exact) mass is 424 g/mol. The smallest absolute Gasteiger partial charge is 0.415 e. The first kappa shape index (κ1) is 19.2. The summed E-state index contributed by atoms with van der Waals surface area (Å²) in [5, 5.41) is 2.59. The normalized spacial score (nSPS) is 21.5. The highest BCUT2D eigenvalue weighted by Gasteiger charge is 2.47. The molecule has 3 aliphatic heterocycles. The first-order chi connectivity index (χ1) is 15.0. The van der Waals surface area contributed by atoms with Crippen LogP contribution in [-0.2, 0) is 20.6 Å². The lowest BCUT2D eigenvalue weighted by Gasteiger charge is -2.16. The maximum atomic E-state index is 12.4. The number of anilines is 2. The summed E-state index contributed by atoms with van der Waals surface area (Å²) >= 11 is 0. The first-order valence-corrected chi connectivity index (χ1v) is 9.90. The Morgan fingerprint density at radius 1 is 1.23 bits per heavy atom. The van der Waals surface area contributed by atoms with Crippen LogP contribution in [0.3, 0.4) is 0 Å². The van der Waals surface area contributed by atoms with Crippen LogP contribution in [0.1, 0.15) is 5.56 Å². The Balaban J connectivity index is 1.35. The number of pyridine rings is 1. The molecule has 3 amide bonds. The van der Waals surface area contributed by atoms with Crippen LogP contribution in [-0.4, -0.2) is 62.2 Å². The zero-order chi connectivity index (χ0) is 21.5. The average Bonchev–Trinajstić information content (AvgIpc) is 3.46. The van der Waals surface area contributed by atoms with Crippen LogP contribution in [0.4, 0.5) is 25.9 Å². The number of rotatable bonds is 4. The van der Waals surface area contributed by atoms with E-state index in [4.69, 9.17) is 9.47 Å². The fourth-order valence-corrected chi connectivity index (χ4v) is 4.21. The third-order valence-electron chi connectivity index (χ3n) is 5.73. The third kappa shape index (κ3) is 3.29. The minimum atomic E-state index is -0.564. The lowest BCUT2D eigenvalue weighted by Crippen LogP contribution is -2.40. The van der Waals surface area contributed by atoms with Crippen molar-refractivity contribution in [3.8, 4) is 11.1 Å². The summed E-state index contributed by atoms with van der Waals surface area (Å²) in [4.78, 5) is 43.0. The number of cyclic esters (lactones) is 2. The summed E-state index contributed by atoms with van der Waals surface area (Å²) in [5.41, 5.74) is 3.69. The minimum absolute atomic E-state index is 0.184. The Labute approximate surface area is 177 Å². The molecule has 2 fully saturated rings. The number of aromatic nitrogens is 1. The van der Waals surface area contributed by atoms with Crippen LogP contribution in [0.15, 0.2) is 36.5 Å². The zero-order valence-electron chi connectivity index (χ0n) is 16.7. The first-order valence-electron chi connectivity index (χ1n) is 9.90. The number of hydrogen-bond acceptors (Lipinski definition) is 7. The average molecular weight is 424 g/mol. The van der Waals surface area contributed by atoms with E-state index in [9.17, 15) is 14.4 Å². The number of carbonyl (C=O) groups excluding carboxylic acids is 3. The molecule has 3 aliphatic rings. The molecule has 1 unspecified atom stereocenters. The lowest BCUT2D eigenvalue weighted by molar-refractivity contribution is 0.123. The van der Waals surface area contributed by atoms with E-state index in [0.29, 0.717) is 25.4 Å². The second-order valence-electron chi connectivity index (χ2n) is 7.45. The quantitative estimate of drug-likeness (QED) is 0.750. The summed E-state index contributed by atoms with van der Waals surface area (Å²) < 4.78 is 15.0. The highest BCUT2D eigenvalue weighted by molar-refractivity contribution is 5.94. The van der Waals surface area contributed by atoms with Gasteiger partial charge in [0.2, 0.25) is 0 Å². The second-order valence-corrected chi connectivity index (χ2v) is 7.45. The van der Waals surface area contributed by atoms with E-state index in [1.54, 1.807) is 17.2 Å². The standard InChI is InChI=1S/C21H20N4O6/c1-29-19(26)23-11-17-16-9-14-8-12(2-4-15(14)25(16)21(28)31-17)13-3-5-18(22-10-13)24-6-7-30-20(24)27/h2-5,8,10,16-17H,6-7,9,11H2,1H3,(H,23,26)/t16?,17-/m0/s1. The van der Waals surface area contributed by atoms with E-state index in [1.807, 2.05) is 24.3 Å². The number of nitrogens with zero attached hydrogens (tertiary/aromatic N) is 3. The Kier molecular flexibility index (Phi) is 4.61. The number of alkyl carbamates (subject to hydrolysis) is 1. The predicted molar refractivity (Wildman–Crippen MR) is 109 cm³/mol. The molecule has 0 spiro atoms. The van der Waals surface area contributed by atoms with E-state index >= 15 is 0 Å². The molecule has 1 N–H and O–H groups in total. The Morgan fingerprint density at radius 2 is 2.06 bits per heavy atom. The van der Waals surface area contributed by atoms with Gasteiger partial charge in [-0.05, 0) is 41.8 Å². The molecule has 2 saturated heterocycles. The lowest BCUT2D eigenvalue weighted by atomic mass is 10.0. The topological polar surface area (TPSA) is 110 Å². The van der Waals surface area contributed by atoms with Gasteiger partial charge >= 0.3 is 18.3 Å². The molecule has 1 aromatic heterocycles. The number of methoxy groups -OCH3 is 1. The van der Waals surface area contributed by atoms with Gasteiger partial charge in [0, 0.05) is 11.8 Å². The van der Waals surface area contributed by atoms with Gasteiger partial charge in [0.25, 0.3) is 0 Å². The van der Waals surface area contributed by atoms with Crippen LogP contribution in [0.5, 0.6) is 0 Å². The molecule has 2 aromatic rings. The fourth-order valence-electron chi connectivity index (χ4n) is 4.21. The van der Waals surface area contributed by atoms with Gasteiger partial charge < -0.3 is 19.5 Å². The van der Waals surface area contributed by atoms with E-state index < -0.39 is 18.3 Å². The molecule has 160 valence electrons. The summed E-state index contributed by atoms with van der Waals surface area (Å²) in [6.45, 7) is 1.04. The fraction of sp³-hybridized carbons (Fsp3) is 0.333. The molecule has 0 bridgehead atoms. The summed E-state index contributed by atoms with van der Waals surface area (Å²) in [5.74, 6) is 0.553. The van der Waals surface area contributed by atoms with Crippen molar-refractivity contribution in [1.29, 1.82) is 0 Å². The number of nitrogens with one attached hydrogen (secondary N) is 1. The largest absolute Gasteiger partial charge is 0.453 e. The van der Waals surface area contributed by atoms with Crippen molar-refractivity contribution in [2.45, 2.75) is 18.6 Å². The Bertz CT molecular complexity index is 1060. The molecule has 2 atom stereocenters. The van der Waals surface area contributed by atoms with Crippen LogP contribution < -0.4 is 15.1 Å². The molecule has 0 aliphatic carbocycles. The molecule has 0 saturated carbocycles. The minimum Gasteiger partial charge on any atom is -0.453 e. The molecule has 10 nitrogen and oxygen atoms in total. The van der Waals surface area contributed by atoms with E-state index in [2.05, 4.69) is 15.0 Å². The molecular formula is C21H20N4O6. The number of fused-ring (bicyclic) bond motifs is 3. The van der Waals surface area contributed by atoms with Crippen molar-refractivity contribution in [1.82, 2.24) is 10.3 Å². The summed E-state index contributed by atoms with van der Waals surface area (Å²) in [6, 6.07) is 9.37. The van der Waals surface area contributed by atoms with Crippen LogP contribution >= 0.6 is 0 Å². The summed E-state index contributed by atoms with van der Waals surface area (Å²) in [6.07, 6.45) is 0.510. The van der Waals surface area contributed by atoms with Gasteiger partial charge in [-0.15, -0.1) is 0 Å². The van der Waals surface area contributed by atoms with Crippen molar-refractivity contribution in [2.75, 3.05) is 36.6 Å². The summed E-state index contributed by atoms with van der Waals surface area (Å²) in [7, 11) is 1.29. The van der Waals surface area contributed by atoms with Crippen molar-refractivity contribution in [2.24, 2.45) is 0 Å². The van der Waals surface area contributed by atoms with Gasteiger partial charge in [0.15, 0.2) is 0 Å². The number of benzene rings is 1. The molecular weight excluding hydrogens is 404 g/mol. The predicted octanol–water partition coefficient (Wildman–Crippen LogP) is 2.31. The SMILES string of the molecule is COC(=O)NC[C@@H]1OC(=O)N2c3ccc(-c4ccc(N5CCOC5=O)nc4)cc3CC12. The van der Waals surface area contributed by atoms with Crippen LogP contribution in [0.25, 0.3) is 11.1 Å². The van der Waals surface area contributed by atoms with Crippen molar-refractivity contribution in [3.05, 3.63) is 42.1 Å². The van der Waals surface area contributed by atoms with Gasteiger partial charge in [-0.25, -0.2) is 19.4 Å². The Hall–Kier alpha value is -3.82. The van der Waals surface area contributed by atoms with Crippen LogP contribution in [0, 0.1) is 0 Å². The van der Waals surface area contributed by atoms with Crippen molar-refractivity contribution >= 4 is 29.8 Å². The van der Waals surface area contributed by atoms with Gasteiger partial charge in [-0.1, -0.05) is 6.07 Å². The number of ether oxygens (including phenoxy) is 3. The van der Waals surface area contributed by atoms with E-state index in [-0.39, 0.29) is 18.7 Å². The molecule has 31 heavy (non-hydrogen) atoms. The van der Waals surface area contributed by atoms with Gasteiger partial charge in [-0.3, -0.25) is 9.80 Å². The Morgan fingerprint density at radius 3 is 2.77 bits per heavy atom. The van der Waals surface area contributed by atoms with E-state index in [0.717, 1.165) is 22.4 Å². The maximum Gasteiger partial charge on any atom is 0.415 e. The van der Waals surface area contributed by atoms with Crippen molar-refractivity contribution < 1.29 is 28.6 Å². The van der Waals surface area contributed by atoms with Gasteiger partial charge in [0.1, 0.15) is 18.5 Å². The number of hydrogen-bond donors (Lipinski definition) is 1. The molecule has 1 aromatic carbocycles. The highest BCUT2D eigenvalue weighted by atomic mass is 16.6. The van der Waals surface area contributed by atoms with Crippen molar-refractivity contribution in [3.63, 3.8) is 0 Å². The molecule has 10 heteroatoms. The second kappa shape index (κ2) is 7.46.